The first-order valence-corrected chi connectivity index (χ1v) is 10.6. The summed E-state index contributed by atoms with van der Waals surface area (Å²) in [6, 6.07) is 11.0. The highest BCUT2D eigenvalue weighted by Crippen LogP contribution is 2.28. The van der Waals surface area contributed by atoms with E-state index in [4.69, 9.17) is 9.41 Å². The molecule has 0 bridgehead atoms. The van der Waals surface area contributed by atoms with Crippen molar-refractivity contribution in [1.29, 1.82) is 0 Å². The maximum atomic E-state index is 13.2. The van der Waals surface area contributed by atoms with Gasteiger partial charge in [-0.05, 0) is 55.7 Å². The summed E-state index contributed by atoms with van der Waals surface area (Å²) in [5, 5.41) is 3.40. The van der Waals surface area contributed by atoms with Crippen LogP contribution in [0.1, 0.15) is 57.9 Å². The van der Waals surface area contributed by atoms with Gasteiger partial charge in [0.1, 0.15) is 5.49 Å². The van der Waals surface area contributed by atoms with Crippen LogP contribution in [0.4, 0.5) is 5.00 Å². The number of pyridine rings is 1. The second-order valence-electron chi connectivity index (χ2n) is 7.21. The topological polar surface area (TPSA) is 76.6 Å². The highest BCUT2D eigenvalue weighted by Gasteiger charge is 2.19. The smallest absolute Gasteiger partial charge is 0.291 e. The molecule has 0 atom stereocenters. The number of nitrogens with one attached hydrogen (secondary N) is 1. The molecular formula is C22H23N3O3S. The fraction of sp³-hybridized carbons (Fsp3) is 0.318. The van der Waals surface area contributed by atoms with E-state index in [1.807, 2.05) is 25.1 Å². The molecular weight excluding hydrogens is 386 g/mol. The predicted molar refractivity (Wildman–Crippen MR) is 112 cm³/mol. The Kier molecular flexibility index (Phi) is 5.76. The van der Waals surface area contributed by atoms with Crippen molar-refractivity contribution in [3.8, 4) is 0 Å². The molecule has 150 valence electrons. The van der Waals surface area contributed by atoms with E-state index in [1.54, 1.807) is 29.0 Å². The van der Waals surface area contributed by atoms with Crippen LogP contribution in [0.25, 0.3) is 0 Å². The normalized spacial score (nSPS) is 15.4. The molecule has 3 aromatic rings. The molecule has 3 aromatic heterocycles. The summed E-state index contributed by atoms with van der Waals surface area (Å²) in [6.45, 7) is 1.87. The quantitative estimate of drug-likeness (QED) is 0.683. The number of carbonyl (C=O) groups excluding carboxylic acids is 2. The van der Waals surface area contributed by atoms with Crippen LogP contribution in [0.2, 0.25) is 0 Å². The lowest BCUT2D eigenvalue weighted by atomic mass is 9.96. The fourth-order valence-electron chi connectivity index (χ4n) is 3.55. The van der Waals surface area contributed by atoms with Gasteiger partial charge in [0.25, 0.3) is 11.8 Å². The predicted octanol–water partition coefficient (Wildman–Crippen LogP) is 4.63. The molecule has 0 aromatic carbocycles. The van der Waals surface area contributed by atoms with E-state index in [0.717, 1.165) is 18.4 Å². The summed E-state index contributed by atoms with van der Waals surface area (Å²) in [7, 11) is 0. The lowest BCUT2D eigenvalue weighted by Crippen LogP contribution is -2.29. The molecule has 1 aliphatic rings. The molecule has 6 nitrogen and oxygen atoms in total. The van der Waals surface area contributed by atoms with Crippen molar-refractivity contribution in [1.82, 2.24) is 4.57 Å². The molecule has 1 fully saturated rings. The summed E-state index contributed by atoms with van der Waals surface area (Å²) >= 11 is 1.26. The van der Waals surface area contributed by atoms with Crippen LogP contribution >= 0.6 is 11.3 Å². The Morgan fingerprint density at radius 3 is 2.76 bits per heavy atom. The third kappa shape index (κ3) is 4.40. The van der Waals surface area contributed by atoms with Crippen LogP contribution in [0.3, 0.4) is 0 Å². The number of aromatic nitrogens is 1. The molecule has 0 spiro atoms. The number of furan rings is 1. The average Bonchev–Trinajstić information content (AvgIpc) is 3.39. The molecule has 0 unspecified atom stereocenters. The zero-order valence-corrected chi connectivity index (χ0v) is 17.1. The van der Waals surface area contributed by atoms with Crippen LogP contribution in [0, 0.1) is 6.92 Å². The maximum Gasteiger partial charge on any atom is 0.291 e. The second-order valence-corrected chi connectivity index (χ2v) is 8.26. The van der Waals surface area contributed by atoms with Crippen molar-refractivity contribution in [2.75, 3.05) is 5.32 Å². The lowest BCUT2D eigenvalue weighted by molar-refractivity contribution is 0.0956. The van der Waals surface area contributed by atoms with E-state index in [0.29, 0.717) is 15.4 Å². The summed E-state index contributed by atoms with van der Waals surface area (Å²) in [5.41, 5.74) is 1.49. The Balaban J connectivity index is 1.60. The second kappa shape index (κ2) is 8.61. The van der Waals surface area contributed by atoms with Gasteiger partial charge in [0.05, 0.1) is 22.2 Å². The SMILES string of the molecule is Cc1cc(NC(=O)c2ccco2)sc1C(=O)n1ccccc1=NC1CCCCC1. The zero-order valence-electron chi connectivity index (χ0n) is 16.3. The third-order valence-electron chi connectivity index (χ3n) is 5.04. The number of thiophene rings is 1. The van der Waals surface area contributed by atoms with Gasteiger partial charge >= 0.3 is 0 Å². The molecule has 1 saturated carbocycles. The molecule has 3 heterocycles. The largest absolute Gasteiger partial charge is 0.459 e. The Bertz CT molecular complexity index is 1070. The van der Waals surface area contributed by atoms with Crippen molar-refractivity contribution in [2.24, 2.45) is 4.99 Å². The van der Waals surface area contributed by atoms with E-state index < -0.39 is 0 Å². The first kappa shape index (κ1) is 19.4. The Hall–Kier alpha value is -2.93. The number of hydrogen-bond donors (Lipinski definition) is 1. The van der Waals surface area contributed by atoms with Crippen LogP contribution in [-0.4, -0.2) is 22.4 Å². The number of carbonyl (C=O) groups is 2. The molecule has 7 heteroatoms. The molecule has 1 amide bonds. The first-order valence-electron chi connectivity index (χ1n) is 9.83. The number of hydrogen-bond acceptors (Lipinski definition) is 5. The van der Waals surface area contributed by atoms with Gasteiger partial charge in [-0.15, -0.1) is 11.3 Å². The monoisotopic (exact) mass is 409 g/mol. The summed E-state index contributed by atoms with van der Waals surface area (Å²) in [5.74, 6) is -0.244. The number of aryl methyl sites for hydroxylation is 1. The standard InChI is InChI=1S/C22H23N3O3S/c1-15-14-19(24-21(26)17-10-7-13-28-17)29-20(15)22(27)25-12-6-5-11-18(25)23-16-8-3-2-4-9-16/h5-7,10-14,16H,2-4,8-9H2,1H3,(H,24,26). The maximum absolute atomic E-state index is 13.2. The van der Waals surface area contributed by atoms with Gasteiger partial charge in [-0.2, -0.15) is 0 Å². The molecule has 1 aliphatic carbocycles. The van der Waals surface area contributed by atoms with Crippen LogP contribution in [-0.2, 0) is 0 Å². The van der Waals surface area contributed by atoms with Crippen LogP contribution in [0.15, 0.2) is 58.3 Å². The van der Waals surface area contributed by atoms with Gasteiger partial charge < -0.3 is 9.73 Å². The van der Waals surface area contributed by atoms with Crippen LogP contribution in [0.5, 0.6) is 0 Å². The van der Waals surface area contributed by atoms with E-state index in [9.17, 15) is 9.59 Å². The van der Waals surface area contributed by atoms with E-state index in [2.05, 4.69) is 5.32 Å². The van der Waals surface area contributed by atoms with E-state index in [-0.39, 0.29) is 23.6 Å². The van der Waals surface area contributed by atoms with Crippen LogP contribution < -0.4 is 10.8 Å². The average molecular weight is 410 g/mol. The highest BCUT2D eigenvalue weighted by molar-refractivity contribution is 7.18. The van der Waals surface area contributed by atoms with Gasteiger partial charge in [-0.25, -0.2) is 0 Å². The molecule has 0 aliphatic heterocycles. The number of nitrogens with zero attached hydrogens (tertiary/aromatic N) is 2. The minimum atomic E-state index is -0.337. The van der Waals surface area contributed by atoms with Crippen molar-refractivity contribution in [2.45, 2.75) is 45.1 Å². The number of amides is 1. The molecule has 4 rings (SSSR count). The summed E-state index contributed by atoms with van der Waals surface area (Å²) in [6.07, 6.45) is 9.00. The Morgan fingerprint density at radius 2 is 2.00 bits per heavy atom. The highest BCUT2D eigenvalue weighted by atomic mass is 32.1. The van der Waals surface area contributed by atoms with Gasteiger partial charge in [0, 0.05) is 6.20 Å². The molecule has 29 heavy (non-hydrogen) atoms. The Labute approximate surface area is 172 Å². The molecule has 0 saturated heterocycles. The molecule has 0 radical (unpaired) electrons. The van der Waals surface area contributed by atoms with Crippen molar-refractivity contribution < 1.29 is 14.0 Å². The fourth-order valence-corrected chi connectivity index (χ4v) is 4.56. The number of rotatable bonds is 4. The summed E-state index contributed by atoms with van der Waals surface area (Å²) < 4.78 is 6.72. The van der Waals surface area contributed by atoms with Gasteiger partial charge in [-0.3, -0.25) is 19.1 Å². The van der Waals surface area contributed by atoms with E-state index >= 15 is 0 Å². The zero-order chi connectivity index (χ0) is 20.2. The minimum absolute atomic E-state index is 0.138. The van der Waals surface area contributed by atoms with E-state index in [1.165, 1.54) is 36.9 Å². The first-order chi connectivity index (χ1) is 14.1. The lowest BCUT2D eigenvalue weighted by Gasteiger charge is -2.17. The van der Waals surface area contributed by atoms with Crippen molar-refractivity contribution in [3.63, 3.8) is 0 Å². The third-order valence-corrected chi connectivity index (χ3v) is 6.18. The van der Waals surface area contributed by atoms with Gasteiger partial charge in [0.2, 0.25) is 0 Å². The van der Waals surface area contributed by atoms with Gasteiger partial charge in [-0.1, -0.05) is 25.3 Å². The number of anilines is 1. The molecule has 1 N–H and O–H groups in total. The Morgan fingerprint density at radius 1 is 1.17 bits per heavy atom. The van der Waals surface area contributed by atoms with Crippen molar-refractivity contribution >= 4 is 28.2 Å². The minimum Gasteiger partial charge on any atom is -0.459 e. The summed E-state index contributed by atoms with van der Waals surface area (Å²) in [4.78, 5) is 30.9. The van der Waals surface area contributed by atoms with Gasteiger partial charge in [0.15, 0.2) is 5.76 Å². The van der Waals surface area contributed by atoms with Crippen molar-refractivity contribution in [3.05, 3.63) is 70.5 Å².